The molecule has 0 aliphatic carbocycles. The van der Waals surface area contributed by atoms with Gasteiger partial charge in [0.05, 0.1) is 0 Å². The lowest BCUT2D eigenvalue weighted by Gasteiger charge is -2.38. The van der Waals surface area contributed by atoms with Crippen LogP contribution in [0.25, 0.3) is 0 Å². The summed E-state index contributed by atoms with van der Waals surface area (Å²) in [6.45, 7) is 11.2. The van der Waals surface area contributed by atoms with E-state index in [0.29, 0.717) is 0 Å². The van der Waals surface area contributed by atoms with E-state index in [0.717, 1.165) is 0 Å². The third kappa shape index (κ3) is 11.2. The quantitative estimate of drug-likeness (QED) is 0.349. The standard InChI is InChI=1S/C20H43N/c1-6-7-8-9-10-11-12-13-14-15-16-17-18-19(2,3)20(4,5)21/h6-18,21H2,1-5H3. The van der Waals surface area contributed by atoms with E-state index in [2.05, 4.69) is 34.6 Å². The van der Waals surface area contributed by atoms with Crippen LogP contribution < -0.4 is 5.73 Å². The number of hydrogen-bond acceptors (Lipinski definition) is 1. The summed E-state index contributed by atoms with van der Waals surface area (Å²) >= 11 is 0. The number of nitrogens with two attached hydrogens (primary N) is 1. The van der Waals surface area contributed by atoms with Gasteiger partial charge in [0.2, 0.25) is 0 Å². The van der Waals surface area contributed by atoms with Gasteiger partial charge in [-0.05, 0) is 25.7 Å². The monoisotopic (exact) mass is 297 g/mol. The third-order valence-electron chi connectivity index (χ3n) is 5.40. The minimum absolute atomic E-state index is 0.0647. The molecule has 0 radical (unpaired) electrons. The van der Waals surface area contributed by atoms with Gasteiger partial charge in [0.1, 0.15) is 0 Å². The van der Waals surface area contributed by atoms with Crippen molar-refractivity contribution in [1.29, 1.82) is 0 Å². The predicted molar refractivity (Wildman–Crippen MR) is 97.7 cm³/mol. The van der Waals surface area contributed by atoms with Crippen molar-refractivity contribution in [3.05, 3.63) is 0 Å². The van der Waals surface area contributed by atoms with Gasteiger partial charge in [-0.1, -0.05) is 97.8 Å². The molecule has 0 aromatic rings. The average Bonchev–Trinajstić information content (AvgIpc) is 2.38. The maximum atomic E-state index is 6.25. The maximum Gasteiger partial charge on any atom is 0.0148 e. The normalized spacial score (nSPS) is 12.9. The maximum absolute atomic E-state index is 6.25. The summed E-state index contributed by atoms with van der Waals surface area (Å²) in [5, 5.41) is 0. The SMILES string of the molecule is CCCCCCCCCCCCCCC(C)(C)C(C)(C)N. The van der Waals surface area contributed by atoms with Crippen molar-refractivity contribution in [2.75, 3.05) is 0 Å². The minimum Gasteiger partial charge on any atom is -0.325 e. The van der Waals surface area contributed by atoms with E-state index in [1.54, 1.807) is 0 Å². The van der Waals surface area contributed by atoms with Gasteiger partial charge in [0, 0.05) is 5.54 Å². The molecule has 2 N–H and O–H groups in total. The van der Waals surface area contributed by atoms with Gasteiger partial charge in [-0.15, -0.1) is 0 Å². The first-order chi connectivity index (χ1) is 9.81. The lowest BCUT2D eigenvalue weighted by Crippen LogP contribution is -2.47. The van der Waals surface area contributed by atoms with Crippen molar-refractivity contribution in [1.82, 2.24) is 0 Å². The second kappa shape index (κ2) is 11.5. The summed E-state index contributed by atoms with van der Waals surface area (Å²) in [6.07, 6.45) is 18.3. The molecular weight excluding hydrogens is 254 g/mol. The van der Waals surface area contributed by atoms with Gasteiger partial charge in [-0.2, -0.15) is 0 Å². The van der Waals surface area contributed by atoms with E-state index in [1.165, 1.54) is 83.5 Å². The number of hydrogen-bond donors (Lipinski definition) is 1. The molecule has 0 amide bonds. The van der Waals surface area contributed by atoms with Gasteiger partial charge in [-0.25, -0.2) is 0 Å². The Labute approximate surface area is 135 Å². The van der Waals surface area contributed by atoms with Crippen molar-refractivity contribution < 1.29 is 0 Å². The zero-order valence-electron chi connectivity index (χ0n) is 15.8. The molecular formula is C20H43N. The van der Waals surface area contributed by atoms with Crippen molar-refractivity contribution in [2.45, 2.75) is 124 Å². The number of rotatable bonds is 14. The second-order valence-corrected chi connectivity index (χ2v) is 8.24. The van der Waals surface area contributed by atoms with Crippen molar-refractivity contribution in [3.63, 3.8) is 0 Å². The van der Waals surface area contributed by atoms with Crippen LogP contribution in [0.3, 0.4) is 0 Å². The first-order valence-corrected chi connectivity index (χ1v) is 9.60. The van der Waals surface area contributed by atoms with E-state index in [1.807, 2.05) is 0 Å². The van der Waals surface area contributed by atoms with Crippen molar-refractivity contribution in [2.24, 2.45) is 11.1 Å². The molecule has 1 heteroatoms. The Morgan fingerprint density at radius 1 is 0.571 bits per heavy atom. The lowest BCUT2D eigenvalue weighted by molar-refractivity contribution is 0.180. The Morgan fingerprint density at radius 2 is 0.905 bits per heavy atom. The van der Waals surface area contributed by atoms with Crippen LogP contribution in [-0.2, 0) is 0 Å². The molecule has 0 spiro atoms. The topological polar surface area (TPSA) is 26.0 Å². The van der Waals surface area contributed by atoms with Crippen LogP contribution in [0.1, 0.15) is 118 Å². The first-order valence-electron chi connectivity index (χ1n) is 9.60. The summed E-state index contributed by atoms with van der Waals surface area (Å²) in [6, 6.07) is 0. The number of unbranched alkanes of at least 4 members (excludes halogenated alkanes) is 11. The van der Waals surface area contributed by atoms with E-state index in [4.69, 9.17) is 5.73 Å². The molecule has 1 nitrogen and oxygen atoms in total. The fourth-order valence-corrected chi connectivity index (χ4v) is 2.73. The Morgan fingerprint density at radius 3 is 1.24 bits per heavy atom. The van der Waals surface area contributed by atoms with Crippen molar-refractivity contribution in [3.8, 4) is 0 Å². The molecule has 0 aliphatic heterocycles. The van der Waals surface area contributed by atoms with Gasteiger partial charge < -0.3 is 5.73 Å². The highest BCUT2D eigenvalue weighted by Gasteiger charge is 2.32. The molecule has 0 saturated heterocycles. The van der Waals surface area contributed by atoms with Gasteiger partial charge >= 0.3 is 0 Å². The van der Waals surface area contributed by atoms with E-state index in [9.17, 15) is 0 Å². The van der Waals surface area contributed by atoms with Crippen LogP contribution in [0, 0.1) is 5.41 Å². The van der Waals surface area contributed by atoms with Crippen LogP contribution in [0.4, 0.5) is 0 Å². The van der Waals surface area contributed by atoms with Crippen LogP contribution >= 0.6 is 0 Å². The molecule has 128 valence electrons. The minimum atomic E-state index is -0.0647. The second-order valence-electron chi connectivity index (χ2n) is 8.24. The highest BCUT2D eigenvalue weighted by Crippen LogP contribution is 2.33. The van der Waals surface area contributed by atoms with E-state index >= 15 is 0 Å². The van der Waals surface area contributed by atoms with Gasteiger partial charge in [0.25, 0.3) is 0 Å². The fraction of sp³-hybridized carbons (Fsp3) is 1.00. The van der Waals surface area contributed by atoms with Crippen LogP contribution in [0.5, 0.6) is 0 Å². The molecule has 0 fully saturated rings. The highest BCUT2D eigenvalue weighted by atomic mass is 14.7. The highest BCUT2D eigenvalue weighted by molar-refractivity contribution is 4.89. The zero-order valence-corrected chi connectivity index (χ0v) is 15.8. The lowest BCUT2D eigenvalue weighted by atomic mass is 9.72. The summed E-state index contributed by atoms with van der Waals surface area (Å²) in [7, 11) is 0. The molecule has 0 bridgehead atoms. The Hall–Kier alpha value is -0.0400. The summed E-state index contributed by atoms with van der Waals surface area (Å²) in [5.74, 6) is 0. The fourth-order valence-electron chi connectivity index (χ4n) is 2.73. The Balaban J connectivity index is 3.30. The summed E-state index contributed by atoms with van der Waals surface area (Å²) in [4.78, 5) is 0. The smallest absolute Gasteiger partial charge is 0.0148 e. The van der Waals surface area contributed by atoms with Crippen LogP contribution in [-0.4, -0.2) is 5.54 Å². The molecule has 0 unspecified atom stereocenters. The molecule has 21 heavy (non-hydrogen) atoms. The van der Waals surface area contributed by atoms with Gasteiger partial charge in [0.15, 0.2) is 0 Å². The first kappa shape index (κ1) is 21.0. The van der Waals surface area contributed by atoms with E-state index in [-0.39, 0.29) is 11.0 Å². The predicted octanol–water partition coefficient (Wildman–Crippen LogP) is 6.84. The molecule has 0 aromatic heterocycles. The summed E-state index contributed by atoms with van der Waals surface area (Å²) < 4.78 is 0. The molecule has 0 aliphatic rings. The Kier molecular flexibility index (Phi) is 11.5. The van der Waals surface area contributed by atoms with Gasteiger partial charge in [-0.3, -0.25) is 0 Å². The average molecular weight is 298 g/mol. The largest absolute Gasteiger partial charge is 0.325 e. The molecule has 0 saturated carbocycles. The molecule has 0 rings (SSSR count). The molecule has 0 atom stereocenters. The zero-order chi connectivity index (χ0) is 16.2. The van der Waals surface area contributed by atoms with Crippen LogP contribution in [0.15, 0.2) is 0 Å². The molecule has 0 heterocycles. The molecule has 0 aromatic carbocycles. The van der Waals surface area contributed by atoms with E-state index < -0.39 is 0 Å². The summed E-state index contributed by atoms with van der Waals surface area (Å²) in [5.41, 5.74) is 6.44. The van der Waals surface area contributed by atoms with Crippen LogP contribution in [0.2, 0.25) is 0 Å². The Bertz CT molecular complexity index is 224. The van der Waals surface area contributed by atoms with Crippen molar-refractivity contribution >= 4 is 0 Å². The third-order valence-corrected chi connectivity index (χ3v) is 5.40.